The van der Waals surface area contributed by atoms with Crippen LogP contribution in [0.25, 0.3) is 10.9 Å². The topological polar surface area (TPSA) is 85.8 Å². The van der Waals surface area contributed by atoms with Gasteiger partial charge in [-0.25, -0.2) is 4.57 Å². The van der Waals surface area contributed by atoms with Crippen molar-refractivity contribution in [1.29, 1.82) is 0 Å². The zero-order valence-corrected chi connectivity index (χ0v) is 12.6. The number of hydrogen-bond acceptors (Lipinski definition) is 3. The molecule has 0 saturated heterocycles. The molecule has 3 N–H and O–H groups in total. The van der Waals surface area contributed by atoms with Crippen molar-refractivity contribution in [3.63, 3.8) is 0 Å². The molecule has 1 aromatic carbocycles. The van der Waals surface area contributed by atoms with E-state index in [-0.39, 0.29) is 5.75 Å². The lowest BCUT2D eigenvalue weighted by Gasteiger charge is -2.27. The normalized spacial score (nSPS) is 15.3. The molecular formula is C12H15B2N2O4P. The standard InChI is InChI=1S/C12H15B2N2O4P/c1-16(2)12(14)11(13)7-6-15-8-4-3-5-9(10(7)8)20-21(17,18)19/h3-6,11-12,15H,1-2H3,(H2,17,18,19). The van der Waals surface area contributed by atoms with Gasteiger partial charge in [-0.05, 0) is 43.5 Å². The Labute approximate surface area is 125 Å². The van der Waals surface area contributed by atoms with Crippen molar-refractivity contribution in [2.45, 2.75) is 11.8 Å². The Bertz CT molecular complexity index is 685. The van der Waals surface area contributed by atoms with Crippen molar-refractivity contribution in [2.24, 2.45) is 0 Å². The van der Waals surface area contributed by atoms with Gasteiger partial charge in [0.05, 0.1) is 15.7 Å². The van der Waals surface area contributed by atoms with Gasteiger partial charge < -0.3 is 14.4 Å². The highest BCUT2D eigenvalue weighted by atomic mass is 31.2. The number of fused-ring (bicyclic) bond motifs is 1. The number of hydrogen-bond donors (Lipinski definition) is 3. The van der Waals surface area contributed by atoms with E-state index in [0.717, 1.165) is 0 Å². The van der Waals surface area contributed by atoms with E-state index in [9.17, 15) is 4.57 Å². The summed E-state index contributed by atoms with van der Waals surface area (Å²) in [5.41, 5.74) is 1.30. The Morgan fingerprint density at radius 3 is 2.57 bits per heavy atom. The van der Waals surface area contributed by atoms with Gasteiger partial charge in [0.25, 0.3) is 0 Å². The number of H-pyrrole nitrogens is 1. The largest absolute Gasteiger partial charge is 0.524 e. The van der Waals surface area contributed by atoms with E-state index < -0.39 is 19.6 Å². The maximum Gasteiger partial charge on any atom is 0.524 e. The Morgan fingerprint density at radius 2 is 2.00 bits per heavy atom. The number of likely N-dealkylation sites (N-methyl/N-ethyl adjacent to an activating group) is 1. The SMILES string of the molecule is [B]C(c1c[nH]c2cccc(OP(=O)(O)O)c12)C([B])N(C)C. The van der Waals surface area contributed by atoms with Crippen LogP contribution in [-0.2, 0) is 4.57 Å². The first kappa shape index (κ1) is 16.2. The molecule has 6 nitrogen and oxygen atoms in total. The van der Waals surface area contributed by atoms with Crippen LogP contribution in [0.2, 0.25) is 0 Å². The molecule has 0 aliphatic rings. The third-order valence-electron chi connectivity index (χ3n) is 3.24. The molecule has 9 heteroatoms. The Hall–Kier alpha value is -1.20. The van der Waals surface area contributed by atoms with E-state index in [2.05, 4.69) is 4.98 Å². The number of nitrogens with zero attached hydrogens (tertiary/aromatic N) is 1. The van der Waals surface area contributed by atoms with Crippen molar-refractivity contribution in [3.05, 3.63) is 30.0 Å². The number of phosphoric ester groups is 1. The molecule has 2 rings (SSSR count). The zero-order chi connectivity index (χ0) is 15.8. The molecule has 0 saturated carbocycles. The van der Waals surface area contributed by atoms with Crippen molar-refractivity contribution in [1.82, 2.24) is 9.88 Å². The molecule has 0 aliphatic carbocycles. The summed E-state index contributed by atoms with van der Waals surface area (Å²) in [4.78, 5) is 22.8. The van der Waals surface area contributed by atoms with E-state index in [0.29, 0.717) is 16.5 Å². The molecule has 0 fully saturated rings. The minimum Gasteiger partial charge on any atom is -0.404 e. The summed E-state index contributed by atoms with van der Waals surface area (Å²) in [7, 11) is 11.1. The van der Waals surface area contributed by atoms with Crippen LogP contribution in [0.15, 0.2) is 24.4 Å². The number of rotatable bonds is 5. The molecule has 0 amide bonds. The van der Waals surface area contributed by atoms with E-state index in [1.54, 1.807) is 37.3 Å². The lowest BCUT2D eigenvalue weighted by atomic mass is 9.67. The highest BCUT2D eigenvalue weighted by Gasteiger charge is 2.23. The van der Waals surface area contributed by atoms with Crippen LogP contribution in [0.4, 0.5) is 0 Å². The van der Waals surface area contributed by atoms with Crippen LogP contribution in [0.5, 0.6) is 5.75 Å². The Kier molecular flexibility index (Phi) is 4.54. The van der Waals surface area contributed by atoms with Crippen LogP contribution in [0.1, 0.15) is 11.4 Å². The summed E-state index contributed by atoms with van der Waals surface area (Å²) in [5, 5.41) is 0.519. The maximum atomic E-state index is 11.1. The van der Waals surface area contributed by atoms with E-state index in [1.165, 1.54) is 6.07 Å². The minimum atomic E-state index is -4.66. The average molecular weight is 304 g/mol. The van der Waals surface area contributed by atoms with Gasteiger partial charge in [-0.3, -0.25) is 9.79 Å². The quantitative estimate of drug-likeness (QED) is 0.564. The predicted molar refractivity (Wildman–Crippen MR) is 82.7 cm³/mol. The number of nitrogens with one attached hydrogen (secondary N) is 1. The first-order valence-corrected chi connectivity index (χ1v) is 7.76. The Morgan fingerprint density at radius 1 is 1.33 bits per heavy atom. The molecule has 2 atom stereocenters. The molecule has 1 heterocycles. The highest BCUT2D eigenvalue weighted by Crippen LogP contribution is 2.42. The number of aromatic amines is 1. The van der Waals surface area contributed by atoms with Gasteiger partial charge in [-0.1, -0.05) is 6.07 Å². The van der Waals surface area contributed by atoms with Gasteiger partial charge in [0.2, 0.25) is 0 Å². The lowest BCUT2D eigenvalue weighted by molar-refractivity contribution is 0.284. The van der Waals surface area contributed by atoms with Crippen molar-refractivity contribution in [3.8, 4) is 5.75 Å². The fourth-order valence-electron chi connectivity index (χ4n) is 2.15. The molecule has 0 aliphatic heterocycles. The fourth-order valence-corrected chi connectivity index (χ4v) is 2.56. The smallest absolute Gasteiger partial charge is 0.404 e. The van der Waals surface area contributed by atoms with E-state index in [4.69, 9.17) is 30.0 Å². The van der Waals surface area contributed by atoms with Crippen molar-refractivity contribution >= 4 is 34.4 Å². The highest BCUT2D eigenvalue weighted by molar-refractivity contribution is 7.46. The second-order valence-corrected chi connectivity index (χ2v) is 6.15. The minimum absolute atomic E-state index is 0.0680. The predicted octanol–water partition coefficient (Wildman–Crippen LogP) is 0.905. The first-order chi connectivity index (χ1) is 9.70. The molecule has 2 aromatic rings. The van der Waals surface area contributed by atoms with E-state index >= 15 is 0 Å². The number of benzene rings is 1. The maximum absolute atomic E-state index is 11.1. The molecule has 0 bridgehead atoms. The van der Waals surface area contributed by atoms with Crippen LogP contribution < -0.4 is 4.52 Å². The summed E-state index contributed by atoms with van der Waals surface area (Å²) < 4.78 is 15.8. The van der Waals surface area contributed by atoms with Gasteiger partial charge in [0.15, 0.2) is 0 Å². The molecule has 4 radical (unpaired) electrons. The summed E-state index contributed by atoms with van der Waals surface area (Å²) in [6, 6.07) is 4.87. The van der Waals surface area contributed by atoms with Crippen LogP contribution >= 0.6 is 7.82 Å². The van der Waals surface area contributed by atoms with E-state index in [1.807, 2.05) is 0 Å². The Balaban J connectivity index is 2.53. The van der Waals surface area contributed by atoms with Crippen molar-refractivity contribution in [2.75, 3.05) is 14.1 Å². The van der Waals surface area contributed by atoms with Crippen LogP contribution in [0.3, 0.4) is 0 Å². The second-order valence-electron chi connectivity index (χ2n) is 4.98. The van der Waals surface area contributed by atoms with Gasteiger partial charge in [0, 0.05) is 17.1 Å². The van der Waals surface area contributed by atoms with Crippen LogP contribution in [-0.4, -0.2) is 55.4 Å². The monoisotopic (exact) mass is 304 g/mol. The number of phosphoric acid groups is 1. The molecular weight excluding hydrogens is 289 g/mol. The van der Waals surface area contributed by atoms with Gasteiger partial charge in [0.1, 0.15) is 5.75 Å². The molecule has 0 spiro atoms. The summed E-state index contributed by atoms with van der Waals surface area (Å²) in [6.45, 7) is 0. The summed E-state index contributed by atoms with van der Waals surface area (Å²) >= 11 is 0. The number of aromatic nitrogens is 1. The first-order valence-electron chi connectivity index (χ1n) is 6.23. The van der Waals surface area contributed by atoms with Gasteiger partial charge >= 0.3 is 7.82 Å². The van der Waals surface area contributed by atoms with Crippen molar-refractivity contribution < 1.29 is 18.9 Å². The van der Waals surface area contributed by atoms with Gasteiger partial charge in [-0.15, -0.1) is 0 Å². The average Bonchev–Trinajstić information content (AvgIpc) is 2.80. The fraction of sp³-hybridized carbons (Fsp3) is 0.333. The lowest BCUT2D eigenvalue weighted by Crippen LogP contribution is -2.34. The molecule has 2 unspecified atom stereocenters. The van der Waals surface area contributed by atoms with Crippen LogP contribution in [0, 0.1) is 0 Å². The molecule has 21 heavy (non-hydrogen) atoms. The second kappa shape index (κ2) is 5.89. The molecule has 108 valence electrons. The molecule has 1 aromatic heterocycles. The third kappa shape index (κ3) is 3.52. The third-order valence-corrected chi connectivity index (χ3v) is 3.67. The van der Waals surface area contributed by atoms with Gasteiger partial charge in [-0.2, -0.15) is 0 Å². The summed E-state index contributed by atoms with van der Waals surface area (Å²) in [5.74, 6) is -0.930. The zero-order valence-electron chi connectivity index (χ0n) is 11.7. The summed E-state index contributed by atoms with van der Waals surface area (Å²) in [6.07, 6.45) is 1.67.